The summed E-state index contributed by atoms with van der Waals surface area (Å²) in [6, 6.07) is 13.3. The number of ketones is 1. The van der Waals surface area contributed by atoms with Crippen LogP contribution in [0, 0.1) is 6.92 Å². The molecule has 2 heterocycles. The minimum absolute atomic E-state index is 0.00778. The molecule has 2 aromatic carbocycles. The van der Waals surface area contributed by atoms with E-state index in [9.17, 15) is 4.79 Å². The summed E-state index contributed by atoms with van der Waals surface area (Å²) in [6.07, 6.45) is 0. The van der Waals surface area contributed by atoms with Crippen molar-refractivity contribution in [3.05, 3.63) is 53.6 Å². The largest absolute Gasteiger partial charge is 0.454 e. The third-order valence-corrected chi connectivity index (χ3v) is 5.16. The minimum Gasteiger partial charge on any atom is -0.454 e. The van der Waals surface area contributed by atoms with Crippen LogP contribution in [-0.4, -0.2) is 33.1 Å². The molecular weight excluding hydrogens is 350 g/mol. The van der Waals surface area contributed by atoms with Gasteiger partial charge in [-0.1, -0.05) is 35.5 Å². The first-order chi connectivity index (χ1) is 12.6. The molecule has 6 nitrogen and oxygen atoms in total. The van der Waals surface area contributed by atoms with Gasteiger partial charge in [-0.15, -0.1) is 10.2 Å². The first-order valence-corrected chi connectivity index (χ1v) is 9.12. The zero-order valence-electron chi connectivity index (χ0n) is 14.4. The molecule has 0 amide bonds. The van der Waals surface area contributed by atoms with Crippen molar-refractivity contribution >= 4 is 17.5 Å². The van der Waals surface area contributed by atoms with Gasteiger partial charge in [0, 0.05) is 18.2 Å². The smallest absolute Gasteiger partial charge is 0.231 e. The molecule has 1 aliphatic rings. The molecule has 132 valence electrons. The van der Waals surface area contributed by atoms with Gasteiger partial charge in [0.05, 0.1) is 5.75 Å². The fourth-order valence-electron chi connectivity index (χ4n) is 2.76. The number of Topliss-reactive ketones (excluding diaryl/α,β-unsaturated/α-hetero) is 1. The summed E-state index contributed by atoms with van der Waals surface area (Å²) in [5.41, 5.74) is 2.77. The monoisotopic (exact) mass is 367 g/mol. The number of rotatable bonds is 5. The molecule has 0 bridgehead atoms. The Morgan fingerprint density at radius 2 is 2.00 bits per heavy atom. The Labute approximate surface area is 155 Å². The molecule has 0 atom stereocenters. The maximum atomic E-state index is 12.5. The van der Waals surface area contributed by atoms with Crippen molar-refractivity contribution < 1.29 is 14.3 Å². The summed E-state index contributed by atoms with van der Waals surface area (Å²) in [6.45, 7) is 2.24. The van der Waals surface area contributed by atoms with Crippen LogP contribution >= 0.6 is 11.8 Å². The molecule has 3 aromatic rings. The van der Waals surface area contributed by atoms with E-state index < -0.39 is 0 Å². The third kappa shape index (κ3) is 3.17. The molecule has 26 heavy (non-hydrogen) atoms. The maximum Gasteiger partial charge on any atom is 0.231 e. The highest BCUT2D eigenvalue weighted by Crippen LogP contribution is 2.33. The number of thioether (sulfide) groups is 1. The second kappa shape index (κ2) is 6.84. The van der Waals surface area contributed by atoms with E-state index in [4.69, 9.17) is 9.47 Å². The maximum absolute atomic E-state index is 12.5. The number of carbonyl (C=O) groups excluding carboxylic acids is 1. The van der Waals surface area contributed by atoms with Crippen LogP contribution in [0.4, 0.5) is 0 Å². The molecule has 0 aliphatic carbocycles. The van der Waals surface area contributed by atoms with Crippen LogP contribution in [0.15, 0.2) is 47.6 Å². The molecule has 0 spiro atoms. The van der Waals surface area contributed by atoms with Crippen LogP contribution in [0.25, 0.3) is 11.4 Å². The van der Waals surface area contributed by atoms with Gasteiger partial charge in [-0.05, 0) is 31.2 Å². The normalized spacial score (nSPS) is 12.4. The lowest BCUT2D eigenvalue weighted by Gasteiger charge is -2.05. The molecule has 1 aromatic heterocycles. The third-order valence-electron chi connectivity index (χ3n) is 4.14. The van der Waals surface area contributed by atoms with Gasteiger partial charge in [0.15, 0.2) is 28.3 Å². The van der Waals surface area contributed by atoms with Gasteiger partial charge in [-0.25, -0.2) is 0 Å². The Bertz CT molecular complexity index is 984. The van der Waals surface area contributed by atoms with E-state index in [1.54, 1.807) is 18.2 Å². The fourth-order valence-corrected chi connectivity index (χ4v) is 3.57. The Morgan fingerprint density at radius 3 is 2.85 bits per heavy atom. The predicted octanol–water partition coefficient (Wildman–Crippen LogP) is 3.49. The van der Waals surface area contributed by atoms with E-state index in [1.807, 2.05) is 36.7 Å². The summed E-state index contributed by atoms with van der Waals surface area (Å²) in [4.78, 5) is 12.5. The highest BCUT2D eigenvalue weighted by atomic mass is 32.2. The highest BCUT2D eigenvalue weighted by Gasteiger charge is 2.18. The lowest BCUT2D eigenvalue weighted by atomic mass is 10.1. The number of carbonyl (C=O) groups is 1. The zero-order valence-corrected chi connectivity index (χ0v) is 15.2. The van der Waals surface area contributed by atoms with Crippen molar-refractivity contribution in [3.63, 3.8) is 0 Å². The Morgan fingerprint density at radius 1 is 1.15 bits per heavy atom. The molecule has 0 fully saturated rings. The summed E-state index contributed by atoms with van der Waals surface area (Å²) >= 11 is 1.37. The summed E-state index contributed by atoms with van der Waals surface area (Å²) in [5.74, 6) is 2.35. The Hall–Kier alpha value is -2.80. The van der Waals surface area contributed by atoms with E-state index in [0.29, 0.717) is 22.2 Å². The van der Waals surface area contributed by atoms with Gasteiger partial charge in [-0.3, -0.25) is 4.79 Å². The number of aromatic nitrogens is 3. The van der Waals surface area contributed by atoms with Crippen molar-refractivity contribution in [1.29, 1.82) is 0 Å². The number of nitrogens with zero attached hydrogens (tertiary/aromatic N) is 3. The first-order valence-electron chi connectivity index (χ1n) is 8.14. The van der Waals surface area contributed by atoms with Gasteiger partial charge in [0.2, 0.25) is 6.79 Å². The molecule has 0 unspecified atom stereocenters. The van der Waals surface area contributed by atoms with Gasteiger partial charge in [0.25, 0.3) is 0 Å². The van der Waals surface area contributed by atoms with E-state index in [2.05, 4.69) is 16.3 Å². The molecular formula is C19H17N3O3S. The number of benzene rings is 2. The molecule has 4 rings (SSSR count). The number of fused-ring (bicyclic) bond motifs is 1. The van der Waals surface area contributed by atoms with Crippen LogP contribution < -0.4 is 9.47 Å². The number of ether oxygens (including phenoxy) is 2. The van der Waals surface area contributed by atoms with Gasteiger partial charge in [-0.2, -0.15) is 0 Å². The van der Waals surface area contributed by atoms with Crippen LogP contribution in [0.1, 0.15) is 15.9 Å². The van der Waals surface area contributed by atoms with Crippen molar-refractivity contribution in [1.82, 2.24) is 14.8 Å². The SMILES string of the molecule is Cc1cccc(-c2nnc(SCC(=O)c3ccc4c(c3)OCO4)n2C)c1. The van der Waals surface area contributed by atoms with E-state index >= 15 is 0 Å². The van der Waals surface area contributed by atoms with Gasteiger partial charge in [0.1, 0.15) is 0 Å². The number of aryl methyl sites for hydroxylation is 1. The second-order valence-electron chi connectivity index (χ2n) is 6.01. The fraction of sp³-hybridized carbons (Fsp3) is 0.211. The zero-order chi connectivity index (χ0) is 18.1. The highest BCUT2D eigenvalue weighted by molar-refractivity contribution is 7.99. The van der Waals surface area contributed by atoms with E-state index in [0.717, 1.165) is 17.0 Å². The van der Waals surface area contributed by atoms with Crippen LogP contribution in [-0.2, 0) is 7.05 Å². The van der Waals surface area contributed by atoms with Gasteiger partial charge < -0.3 is 14.0 Å². The predicted molar refractivity (Wildman–Crippen MR) is 98.8 cm³/mol. The van der Waals surface area contributed by atoms with Crippen LogP contribution in [0.2, 0.25) is 0 Å². The lowest BCUT2D eigenvalue weighted by Crippen LogP contribution is -2.04. The molecule has 0 radical (unpaired) electrons. The minimum atomic E-state index is 0.00778. The quantitative estimate of drug-likeness (QED) is 0.508. The van der Waals surface area contributed by atoms with Crippen LogP contribution in [0.3, 0.4) is 0 Å². The summed E-state index contributed by atoms with van der Waals surface area (Å²) in [5, 5.41) is 9.20. The molecule has 7 heteroatoms. The standard InChI is InChI=1S/C19H17N3O3S/c1-12-4-3-5-14(8-12)18-20-21-19(22(18)2)26-10-15(23)13-6-7-16-17(9-13)25-11-24-16/h3-9H,10-11H2,1-2H3. The number of hydrogen-bond donors (Lipinski definition) is 0. The van der Waals surface area contributed by atoms with Crippen molar-refractivity contribution in [2.75, 3.05) is 12.5 Å². The lowest BCUT2D eigenvalue weighted by molar-refractivity contribution is 0.102. The number of hydrogen-bond acceptors (Lipinski definition) is 6. The average Bonchev–Trinajstić information content (AvgIpc) is 3.25. The van der Waals surface area contributed by atoms with Crippen molar-refractivity contribution in [2.45, 2.75) is 12.1 Å². The van der Waals surface area contributed by atoms with Gasteiger partial charge >= 0.3 is 0 Å². The van der Waals surface area contributed by atoms with Crippen molar-refractivity contribution in [2.24, 2.45) is 7.05 Å². The summed E-state index contributed by atoms with van der Waals surface area (Å²) < 4.78 is 12.5. The van der Waals surface area contributed by atoms with Crippen LogP contribution in [0.5, 0.6) is 11.5 Å². The van der Waals surface area contributed by atoms with Crippen molar-refractivity contribution in [3.8, 4) is 22.9 Å². The van der Waals surface area contributed by atoms with E-state index in [1.165, 1.54) is 11.8 Å². The molecule has 0 saturated heterocycles. The topological polar surface area (TPSA) is 66.2 Å². The Balaban J connectivity index is 1.47. The summed E-state index contributed by atoms with van der Waals surface area (Å²) in [7, 11) is 1.91. The molecule has 0 N–H and O–H groups in total. The average molecular weight is 367 g/mol. The Kier molecular flexibility index (Phi) is 4.38. The first kappa shape index (κ1) is 16.7. The molecule has 0 saturated carbocycles. The second-order valence-corrected chi connectivity index (χ2v) is 6.96. The van der Waals surface area contributed by atoms with E-state index in [-0.39, 0.29) is 18.3 Å². The molecule has 1 aliphatic heterocycles.